The van der Waals surface area contributed by atoms with Gasteiger partial charge in [-0.15, -0.1) is 0 Å². The second-order valence-electron chi connectivity index (χ2n) is 4.44. The Labute approximate surface area is 133 Å². The summed E-state index contributed by atoms with van der Waals surface area (Å²) in [5, 5.41) is 6.38. The minimum atomic E-state index is -0.333. The van der Waals surface area contributed by atoms with Crippen LogP contribution in [0.5, 0.6) is 0 Å². The Morgan fingerprint density at radius 2 is 1.67 bits per heavy atom. The monoisotopic (exact) mass is 323 g/mol. The highest BCUT2D eigenvalue weighted by Crippen LogP contribution is 2.22. The van der Waals surface area contributed by atoms with E-state index in [1.165, 1.54) is 0 Å². The largest absolute Gasteiger partial charge is 0.334 e. The van der Waals surface area contributed by atoms with E-state index in [0.717, 1.165) is 11.1 Å². The maximum absolute atomic E-state index is 11.9. The number of hydrogen-bond donors (Lipinski definition) is 3. The Bertz CT molecular complexity index is 626. The van der Waals surface area contributed by atoms with Crippen molar-refractivity contribution in [3.05, 3.63) is 63.6 Å². The van der Waals surface area contributed by atoms with Crippen molar-refractivity contribution < 1.29 is 4.79 Å². The number of carbonyl (C=O) groups excluding carboxylic acids is 1. The first-order valence-electron chi connectivity index (χ1n) is 6.36. The molecule has 0 spiro atoms. The summed E-state index contributed by atoms with van der Waals surface area (Å²) in [6.45, 7) is 0.830. The summed E-state index contributed by atoms with van der Waals surface area (Å²) < 4.78 is 0. The van der Waals surface area contributed by atoms with Crippen molar-refractivity contribution in [1.82, 2.24) is 5.32 Å². The first-order valence-corrected chi connectivity index (χ1v) is 7.12. The second-order valence-corrected chi connectivity index (χ2v) is 5.31. The number of urea groups is 1. The third-order valence-electron chi connectivity index (χ3n) is 2.90. The van der Waals surface area contributed by atoms with Gasteiger partial charge in [0.1, 0.15) is 0 Å². The molecule has 0 radical (unpaired) electrons. The van der Waals surface area contributed by atoms with Crippen LogP contribution in [0.1, 0.15) is 11.1 Å². The lowest BCUT2D eigenvalue weighted by molar-refractivity contribution is 0.251. The van der Waals surface area contributed by atoms with E-state index < -0.39 is 0 Å². The molecule has 21 heavy (non-hydrogen) atoms. The van der Waals surface area contributed by atoms with Crippen molar-refractivity contribution in [3.63, 3.8) is 0 Å². The Kier molecular flexibility index (Phi) is 5.44. The van der Waals surface area contributed by atoms with E-state index in [0.29, 0.717) is 28.8 Å². The number of nitrogens with one attached hydrogen (secondary N) is 2. The van der Waals surface area contributed by atoms with Gasteiger partial charge in [0.2, 0.25) is 0 Å². The fourth-order valence-electron chi connectivity index (χ4n) is 1.91. The molecule has 0 saturated carbocycles. The van der Waals surface area contributed by atoms with E-state index in [2.05, 4.69) is 10.6 Å². The molecule has 4 N–H and O–H groups in total. The van der Waals surface area contributed by atoms with Gasteiger partial charge in [0.25, 0.3) is 0 Å². The Morgan fingerprint density at radius 1 is 1.05 bits per heavy atom. The highest BCUT2D eigenvalue weighted by Gasteiger charge is 2.05. The average Bonchev–Trinajstić information content (AvgIpc) is 2.44. The quantitative estimate of drug-likeness (QED) is 0.801. The van der Waals surface area contributed by atoms with Crippen LogP contribution in [-0.4, -0.2) is 6.03 Å². The first kappa shape index (κ1) is 15.6. The summed E-state index contributed by atoms with van der Waals surface area (Å²) in [6.07, 6.45) is 0. The van der Waals surface area contributed by atoms with Gasteiger partial charge in [-0.1, -0.05) is 47.5 Å². The zero-order valence-electron chi connectivity index (χ0n) is 11.2. The predicted molar refractivity (Wildman–Crippen MR) is 86.7 cm³/mol. The number of amides is 2. The maximum atomic E-state index is 11.9. The number of rotatable bonds is 4. The van der Waals surface area contributed by atoms with Gasteiger partial charge in [0, 0.05) is 28.8 Å². The number of nitrogens with two attached hydrogens (primary N) is 1. The summed E-state index contributed by atoms with van der Waals surface area (Å²) in [7, 11) is 0. The van der Waals surface area contributed by atoms with Crippen molar-refractivity contribution >= 4 is 34.9 Å². The minimum Gasteiger partial charge on any atom is -0.334 e. The zero-order chi connectivity index (χ0) is 15.2. The molecule has 2 rings (SSSR count). The summed E-state index contributed by atoms with van der Waals surface area (Å²) in [4.78, 5) is 11.9. The van der Waals surface area contributed by atoms with E-state index in [4.69, 9.17) is 28.9 Å². The molecule has 2 amide bonds. The van der Waals surface area contributed by atoms with Crippen LogP contribution in [0.25, 0.3) is 0 Å². The molecule has 0 atom stereocenters. The van der Waals surface area contributed by atoms with Crippen LogP contribution in [0.4, 0.5) is 10.5 Å². The zero-order valence-corrected chi connectivity index (χ0v) is 12.7. The first-order chi connectivity index (χ1) is 10.1. The van der Waals surface area contributed by atoms with E-state index >= 15 is 0 Å². The highest BCUT2D eigenvalue weighted by atomic mass is 35.5. The third kappa shape index (κ3) is 4.63. The molecule has 0 aliphatic heterocycles. The Balaban J connectivity index is 1.96. The number of benzene rings is 2. The molecule has 0 heterocycles. The third-order valence-corrected chi connectivity index (χ3v) is 3.33. The molecule has 0 aliphatic carbocycles. The number of hydrogen-bond acceptors (Lipinski definition) is 2. The van der Waals surface area contributed by atoms with Gasteiger partial charge in [-0.3, -0.25) is 0 Å². The number of anilines is 1. The van der Waals surface area contributed by atoms with Crippen LogP contribution in [-0.2, 0) is 13.1 Å². The Hall–Kier alpha value is -1.75. The van der Waals surface area contributed by atoms with Gasteiger partial charge in [0.15, 0.2) is 0 Å². The van der Waals surface area contributed by atoms with Gasteiger partial charge < -0.3 is 16.4 Å². The van der Waals surface area contributed by atoms with E-state index in [1.54, 1.807) is 18.2 Å². The van der Waals surface area contributed by atoms with Crippen LogP contribution < -0.4 is 16.4 Å². The summed E-state index contributed by atoms with van der Waals surface area (Å²) in [6, 6.07) is 12.2. The smallest absolute Gasteiger partial charge is 0.319 e. The van der Waals surface area contributed by atoms with Crippen molar-refractivity contribution in [3.8, 4) is 0 Å². The molecule has 0 bridgehead atoms. The van der Waals surface area contributed by atoms with Gasteiger partial charge in [-0.05, 0) is 29.3 Å². The lowest BCUT2D eigenvalue weighted by Crippen LogP contribution is -2.28. The molecule has 0 unspecified atom stereocenters. The summed E-state index contributed by atoms with van der Waals surface area (Å²) >= 11 is 11.8. The number of carbonyl (C=O) groups is 1. The molecular formula is C15H15Cl2N3O. The molecule has 110 valence electrons. The molecule has 6 heteroatoms. The van der Waals surface area contributed by atoms with E-state index in [9.17, 15) is 4.79 Å². The molecule has 0 fully saturated rings. The molecule has 2 aromatic rings. The molecule has 0 aromatic heterocycles. The fourth-order valence-corrected chi connectivity index (χ4v) is 2.43. The highest BCUT2D eigenvalue weighted by molar-refractivity contribution is 6.35. The van der Waals surface area contributed by atoms with Crippen LogP contribution in [0, 0.1) is 0 Å². The van der Waals surface area contributed by atoms with Crippen molar-refractivity contribution in [1.29, 1.82) is 0 Å². The number of halogens is 2. The predicted octanol–water partition coefficient (Wildman–Crippen LogP) is 3.77. The Morgan fingerprint density at radius 3 is 2.29 bits per heavy atom. The average molecular weight is 324 g/mol. The van der Waals surface area contributed by atoms with Gasteiger partial charge in [-0.2, -0.15) is 0 Å². The maximum Gasteiger partial charge on any atom is 0.319 e. The lowest BCUT2D eigenvalue weighted by atomic mass is 10.1. The van der Waals surface area contributed by atoms with E-state index in [-0.39, 0.29) is 6.03 Å². The van der Waals surface area contributed by atoms with Crippen molar-refractivity contribution in [2.45, 2.75) is 13.1 Å². The summed E-state index contributed by atoms with van der Waals surface area (Å²) in [5.41, 5.74) is 8.18. The molecule has 4 nitrogen and oxygen atoms in total. The van der Waals surface area contributed by atoms with Gasteiger partial charge >= 0.3 is 6.03 Å². The molecule has 0 saturated heterocycles. The fraction of sp³-hybridized carbons (Fsp3) is 0.133. The standard InChI is InChI=1S/C15H15Cl2N3O/c16-12-5-13(17)7-14(6-12)20-15(21)19-9-11-4-2-1-3-10(11)8-18/h1-7H,8-9,18H2,(H2,19,20,21). The van der Waals surface area contributed by atoms with Crippen LogP contribution >= 0.6 is 23.2 Å². The van der Waals surface area contributed by atoms with Crippen LogP contribution in [0.15, 0.2) is 42.5 Å². The van der Waals surface area contributed by atoms with Crippen molar-refractivity contribution in [2.24, 2.45) is 5.73 Å². The lowest BCUT2D eigenvalue weighted by Gasteiger charge is -2.11. The summed E-state index contributed by atoms with van der Waals surface area (Å²) in [5.74, 6) is 0. The van der Waals surface area contributed by atoms with Gasteiger partial charge in [0.05, 0.1) is 0 Å². The molecular weight excluding hydrogens is 309 g/mol. The SMILES string of the molecule is NCc1ccccc1CNC(=O)Nc1cc(Cl)cc(Cl)c1. The topological polar surface area (TPSA) is 67.1 Å². The van der Waals surface area contributed by atoms with Crippen molar-refractivity contribution in [2.75, 3.05) is 5.32 Å². The van der Waals surface area contributed by atoms with Gasteiger partial charge in [-0.25, -0.2) is 4.79 Å². The second kappa shape index (κ2) is 7.31. The van der Waals surface area contributed by atoms with Crippen LogP contribution in [0.2, 0.25) is 10.0 Å². The van der Waals surface area contributed by atoms with Crippen LogP contribution in [0.3, 0.4) is 0 Å². The van der Waals surface area contributed by atoms with E-state index in [1.807, 2.05) is 24.3 Å². The normalized spacial score (nSPS) is 10.2. The molecule has 0 aliphatic rings. The molecule has 2 aromatic carbocycles. The minimum absolute atomic E-state index is 0.333.